The van der Waals surface area contributed by atoms with Crippen LogP contribution in [0.5, 0.6) is 11.6 Å². The Bertz CT molecular complexity index is 767. The molecule has 0 saturated carbocycles. The van der Waals surface area contributed by atoms with Crippen molar-refractivity contribution >= 4 is 22.5 Å². The summed E-state index contributed by atoms with van der Waals surface area (Å²) in [6, 6.07) is 10.2. The number of hydrogen-bond acceptors (Lipinski definition) is 3. The van der Waals surface area contributed by atoms with Crippen LogP contribution in [0.2, 0.25) is 0 Å². The van der Waals surface area contributed by atoms with Crippen LogP contribution in [0.3, 0.4) is 0 Å². The highest BCUT2D eigenvalue weighted by molar-refractivity contribution is 6.17. The maximum Gasteiger partial charge on any atom is 0.224 e. The lowest BCUT2D eigenvalue weighted by atomic mass is 10.2. The van der Waals surface area contributed by atoms with Crippen molar-refractivity contribution in [3.05, 3.63) is 48.3 Å². The minimum atomic E-state index is 0.291. The van der Waals surface area contributed by atoms with Crippen molar-refractivity contribution in [2.75, 3.05) is 0 Å². The van der Waals surface area contributed by atoms with Crippen LogP contribution >= 0.6 is 11.6 Å². The van der Waals surface area contributed by atoms with Crippen LogP contribution in [-0.4, -0.2) is 14.8 Å². The quantitative estimate of drug-likeness (QED) is 0.664. The Kier molecular flexibility index (Phi) is 3.80. The molecule has 0 N–H and O–H groups in total. The topological polar surface area (TPSA) is 39.9 Å². The van der Waals surface area contributed by atoms with E-state index in [1.54, 1.807) is 6.20 Å². The molecular weight excluding hydrogens is 286 g/mol. The Morgan fingerprint density at radius 2 is 2.10 bits per heavy atom. The first-order valence-corrected chi connectivity index (χ1v) is 7.37. The van der Waals surface area contributed by atoms with Gasteiger partial charge in [0.2, 0.25) is 5.88 Å². The number of halogens is 1. The first kappa shape index (κ1) is 13.9. The second-order valence-electron chi connectivity index (χ2n) is 5.13. The molecule has 5 heteroatoms. The number of benzene rings is 1. The molecule has 0 fully saturated rings. The van der Waals surface area contributed by atoms with Crippen molar-refractivity contribution in [3.8, 4) is 11.6 Å². The van der Waals surface area contributed by atoms with Crippen molar-refractivity contribution in [2.45, 2.75) is 25.8 Å². The Balaban J connectivity index is 1.98. The van der Waals surface area contributed by atoms with Gasteiger partial charge in [-0.05, 0) is 26.0 Å². The highest BCUT2D eigenvalue weighted by Gasteiger charge is 2.10. The molecular formula is C16H16ClN3O. The van der Waals surface area contributed by atoms with Crippen LogP contribution in [0.25, 0.3) is 10.9 Å². The van der Waals surface area contributed by atoms with Gasteiger partial charge in [-0.2, -0.15) is 5.10 Å². The summed E-state index contributed by atoms with van der Waals surface area (Å²) in [5.41, 5.74) is 1.75. The summed E-state index contributed by atoms with van der Waals surface area (Å²) < 4.78 is 7.70. The molecule has 0 aliphatic rings. The summed E-state index contributed by atoms with van der Waals surface area (Å²) in [6.45, 7) is 4.13. The third-order valence-electron chi connectivity index (χ3n) is 3.23. The van der Waals surface area contributed by atoms with E-state index in [0.29, 0.717) is 23.6 Å². The van der Waals surface area contributed by atoms with Crippen LogP contribution in [0.15, 0.2) is 42.7 Å². The largest absolute Gasteiger partial charge is 0.435 e. The molecule has 0 atom stereocenters. The monoisotopic (exact) mass is 301 g/mol. The van der Waals surface area contributed by atoms with Gasteiger partial charge < -0.3 is 4.74 Å². The smallest absolute Gasteiger partial charge is 0.224 e. The average Bonchev–Trinajstić information content (AvgIpc) is 2.95. The molecule has 0 unspecified atom stereocenters. The fourth-order valence-corrected chi connectivity index (χ4v) is 2.28. The first-order valence-electron chi connectivity index (χ1n) is 6.84. The van der Waals surface area contributed by atoms with E-state index in [4.69, 9.17) is 16.3 Å². The maximum absolute atomic E-state index is 6.01. The van der Waals surface area contributed by atoms with Gasteiger partial charge in [0.15, 0.2) is 5.75 Å². The molecule has 3 rings (SSSR count). The molecule has 0 aliphatic carbocycles. The number of aromatic nitrogens is 3. The van der Waals surface area contributed by atoms with Gasteiger partial charge in [0.05, 0.1) is 23.8 Å². The zero-order chi connectivity index (χ0) is 14.8. The summed E-state index contributed by atoms with van der Waals surface area (Å²) in [5.74, 6) is 1.55. The van der Waals surface area contributed by atoms with Crippen LogP contribution in [-0.2, 0) is 5.88 Å². The minimum absolute atomic E-state index is 0.291. The summed E-state index contributed by atoms with van der Waals surface area (Å²) in [4.78, 5) is 4.55. The molecule has 2 heterocycles. The zero-order valence-electron chi connectivity index (χ0n) is 12.0. The molecule has 0 amide bonds. The number of ether oxygens (including phenoxy) is 1. The molecule has 108 valence electrons. The fourth-order valence-electron chi connectivity index (χ4n) is 2.09. The lowest BCUT2D eigenvalue weighted by Crippen LogP contribution is -1.99. The highest BCUT2D eigenvalue weighted by Crippen LogP contribution is 2.28. The number of alkyl halides is 1. The number of rotatable bonds is 4. The van der Waals surface area contributed by atoms with E-state index in [1.807, 2.05) is 41.2 Å². The third kappa shape index (κ3) is 2.85. The predicted octanol–water partition coefficient (Wildman–Crippen LogP) is 4.54. The van der Waals surface area contributed by atoms with Gasteiger partial charge in [-0.1, -0.05) is 18.2 Å². The molecule has 4 nitrogen and oxygen atoms in total. The number of fused-ring (bicyclic) bond motifs is 1. The van der Waals surface area contributed by atoms with Crippen LogP contribution in [0.4, 0.5) is 0 Å². The summed E-state index contributed by atoms with van der Waals surface area (Å²) in [7, 11) is 0. The van der Waals surface area contributed by atoms with Crippen LogP contribution in [0.1, 0.15) is 25.5 Å². The second kappa shape index (κ2) is 5.74. The molecule has 21 heavy (non-hydrogen) atoms. The predicted molar refractivity (Wildman–Crippen MR) is 84.0 cm³/mol. The van der Waals surface area contributed by atoms with Gasteiger partial charge in [-0.15, -0.1) is 11.6 Å². The van der Waals surface area contributed by atoms with Crippen LogP contribution in [0, 0.1) is 0 Å². The number of para-hydroxylation sites is 1. The van der Waals surface area contributed by atoms with E-state index in [0.717, 1.165) is 16.5 Å². The van der Waals surface area contributed by atoms with Crippen molar-refractivity contribution in [3.63, 3.8) is 0 Å². The molecule has 0 aliphatic heterocycles. The third-order valence-corrected chi connectivity index (χ3v) is 3.52. The minimum Gasteiger partial charge on any atom is -0.435 e. The van der Waals surface area contributed by atoms with E-state index in [9.17, 15) is 0 Å². The van der Waals surface area contributed by atoms with E-state index in [2.05, 4.69) is 23.9 Å². The van der Waals surface area contributed by atoms with Crippen LogP contribution < -0.4 is 4.74 Å². The van der Waals surface area contributed by atoms with Gasteiger partial charge in [-0.3, -0.25) is 4.68 Å². The van der Waals surface area contributed by atoms with E-state index >= 15 is 0 Å². The number of nitrogens with zero attached hydrogens (tertiary/aromatic N) is 3. The number of pyridine rings is 1. The normalized spacial score (nSPS) is 11.2. The van der Waals surface area contributed by atoms with E-state index in [-0.39, 0.29) is 0 Å². The highest BCUT2D eigenvalue weighted by atomic mass is 35.5. The van der Waals surface area contributed by atoms with E-state index < -0.39 is 0 Å². The molecule has 3 aromatic rings. The first-order chi connectivity index (χ1) is 10.2. The van der Waals surface area contributed by atoms with Gasteiger partial charge in [-0.25, -0.2) is 4.98 Å². The SMILES string of the molecule is CC(C)n1cc(Oc2nc3ccccc3cc2CCl)cn1. The molecule has 1 aromatic carbocycles. The Morgan fingerprint density at radius 1 is 1.29 bits per heavy atom. The van der Waals surface area contributed by atoms with Crippen molar-refractivity contribution in [1.29, 1.82) is 0 Å². The number of hydrogen-bond donors (Lipinski definition) is 0. The standard InChI is InChI=1S/C16H16ClN3O/c1-11(2)20-10-14(9-18-20)21-16-13(8-17)7-12-5-3-4-6-15(12)19-16/h3-7,9-11H,8H2,1-2H3. The summed E-state index contributed by atoms with van der Waals surface area (Å²) in [6.07, 6.45) is 3.55. The van der Waals surface area contributed by atoms with E-state index in [1.165, 1.54) is 0 Å². The molecule has 0 saturated heterocycles. The molecule has 2 aromatic heterocycles. The Morgan fingerprint density at radius 3 is 2.81 bits per heavy atom. The van der Waals surface area contributed by atoms with Gasteiger partial charge in [0.25, 0.3) is 0 Å². The van der Waals surface area contributed by atoms with Gasteiger partial charge in [0.1, 0.15) is 0 Å². The Hall–Kier alpha value is -2.07. The van der Waals surface area contributed by atoms with Crippen molar-refractivity contribution < 1.29 is 4.74 Å². The fraction of sp³-hybridized carbons (Fsp3) is 0.250. The molecule has 0 spiro atoms. The Labute approximate surface area is 128 Å². The summed E-state index contributed by atoms with van der Waals surface area (Å²) in [5, 5.41) is 5.31. The van der Waals surface area contributed by atoms with Crippen molar-refractivity contribution in [2.24, 2.45) is 0 Å². The maximum atomic E-state index is 6.01. The lowest BCUT2D eigenvalue weighted by molar-refractivity contribution is 0.457. The van der Waals surface area contributed by atoms with Gasteiger partial charge >= 0.3 is 0 Å². The molecule has 0 bridgehead atoms. The lowest BCUT2D eigenvalue weighted by Gasteiger charge is -2.08. The second-order valence-corrected chi connectivity index (χ2v) is 5.40. The summed E-state index contributed by atoms with van der Waals surface area (Å²) >= 11 is 6.01. The molecule has 0 radical (unpaired) electrons. The zero-order valence-corrected chi connectivity index (χ0v) is 12.7. The van der Waals surface area contributed by atoms with Crippen molar-refractivity contribution in [1.82, 2.24) is 14.8 Å². The average molecular weight is 302 g/mol. The van der Waals surface area contributed by atoms with Gasteiger partial charge in [0, 0.05) is 17.0 Å².